The van der Waals surface area contributed by atoms with Crippen LogP contribution < -0.4 is 0 Å². The van der Waals surface area contributed by atoms with Gasteiger partial charge in [0.05, 0.1) is 0 Å². The van der Waals surface area contributed by atoms with Crippen LogP contribution in [0.4, 0.5) is 0 Å². The summed E-state index contributed by atoms with van der Waals surface area (Å²) in [6.07, 6.45) is 17.6. The van der Waals surface area contributed by atoms with Gasteiger partial charge in [0.25, 0.3) is 0 Å². The fraction of sp³-hybridized carbons (Fsp3) is 0.909. The third-order valence-electron chi connectivity index (χ3n) is 5.45. The fourth-order valence-corrected chi connectivity index (χ4v) is 3.30. The van der Waals surface area contributed by atoms with Crippen molar-refractivity contribution in [2.75, 3.05) is 0 Å². The molecule has 24 heavy (non-hydrogen) atoms. The van der Waals surface area contributed by atoms with Crippen LogP contribution in [-0.2, 0) is 0 Å². The van der Waals surface area contributed by atoms with Crippen LogP contribution in [0.25, 0.3) is 0 Å². The number of rotatable bonds is 17. The Hall–Kier alpha value is -0.130. The Morgan fingerprint density at radius 3 is 2.25 bits per heavy atom. The number of hydrogen-bond acceptors (Lipinski definition) is 0. The van der Waals surface area contributed by atoms with Gasteiger partial charge in [-0.05, 0) is 30.6 Å². The van der Waals surface area contributed by atoms with Crippen molar-refractivity contribution in [2.45, 2.75) is 118 Å². The molecule has 0 spiro atoms. The first-order valence-electron chi connectivity index (χ1n) is 10.7. The highest BCUT2D eigenvalue weighted by Crippen LogP contribution is 2.32. The lowest BCUT2D eigenvalue weighted by molar-refractivity contribution is 0.263. The molecule has 0 saturated carbocycles. The molecule has 0 aromatic carbocycles. The Labute approximate surface area is 156 Å². The molecule has 0 amide bonds. The lowest BCUT2D eigenvalue weighted by Gasteiger charge is -2.26. The highest BCUT2D eigenvalue weighted by atomic mass is 14.2. The first-order valence-corrected chi connectivity index (χ1v) is 10.7. The molecule has 0 aliphatic heterocycles. The molecule has 0 heterocycles. The van der Waals surface area contributed by atoms with E-state index in [9.17, 15) is 0 Å². The minimum atomic E-state index is 0.541. The topological polar surface area (TPSA) is 0 Å². The summed E-state index contributed by atoms with van der Waals surface area (Å²) in [5.41, 5.74) is 1.85. The van der Waals surface area contributed by atoms with Gasteiger partial charge in [0, 0.05) is 0 Å². The number of hydrogen-bond donors (Lipinski definition) is 0. The molecule has 0 aromatic heterocycles. The Kier molecular flexibility index (Phi) is 15.1. The molecule has 0 fully saturated rings. The van der Waals surface area contributed by atoms with E-state index in [-0.39, 0.29) is 0 Å². The molecule has 138 valence electrons. The standard InChI is InChI=1S/C22H44B2/c1-7-21(3)24-19-13-8-10-14-20(2)15-17-22(4,5)16-11-9-12-18-23-6/h20H,3,7-19H2,1-2,4-6H3. The van der Waals surface area contributed by atoms with Crippen LogP contribution in [0.1, 0.15) is 98.3 Å². The Balaban J connectivity index is 3.58. The molecule has 0 nitrogen and oxygen atoms in total. The second-order valence-corrected chi connectivity index (χ2v) is 8.67. The van der Waals surface area contributed by atoms with Crippen LogP contribution in [0.3, 0.4) is 0 Å². The van der Waals surface area contributed by atoms with Gasteiger partial charge in [0.1, 0.15) is 14.6 Å². The Bertz CT molecular complexity index is 296. The lowest BCUT2D eigenvalue weighted by Crippen LogP contribution is -2.13. The van der Waals surface area contributed by atoms with Gasteiger partial charge in [0.15, 0.2) is 0 Å². The SMILES string of the molecule is C=C([B]CCCCCC(C)CCC(C)(C)CCCCC[B]C)CC. The van der Waals surface area contributed by atoms with E-state index in [0.29, 0.717) is 5.41 Å². The normalized spacial score (nSPS) is 12.9. The fourth-order valence-electron chi connectivity index (χ4n) is 3.30. The van der Waals surface area contributed by atoms with E-state index in [1.807, 2.05) is 0 Å². The molecule has 0 N–H and O–H groups in total. The van der Waals surface area contributed by atoms with Crippen molar-refractivity contribution in [3.8, 4) is 0 Å². The summed E-state index contributed by atoms with van der Waals surface area (Å²) in [7, 11) is 4.62. The van der Waals surface area contributed by atoms with Crippen LogP contribution in [0.2, 0.25) is 19.5 Å². The molecule has 1 atom stereocenters. The first-order chi connectivity index (χ1) is 11.4. The van der Waals surface area contributed by atoms with Crippen LogP contribution in [0, 0.1) is 11.3 Å². The third-order valence-corrected chi connectivity index (χ3v) is 5.45. The zero-order valence-electron chi connectivity index (χ0n) is 17.6. The minimum absolute atomic E-state index is 0.541. The van der Waals surface area contributed by atoms with Gasteiger partial charge in [-0.15, -0.1) is 12.1 Å². The van der Waals surface area contributed by atoms with Gasteiger partial charge >= 0.3 is 0 Å². The van der Waals surface area contributed by atoms with Gasteiger partial charge in [-0.2, -0.15) is 0 Å². The highest BCUT2D eigenvalue weighted by Gasteiger charge is 2.18. The second-order valence-electron chi connectivity index (χ2n) is 8.67. The number of allylic oxidation sites excluding steroid dienone is 1. The summed E-state index contributed by atoms with van der Waals surface area (Å²) in [5, 5.41) is 0. The maximum atomic E-state index is 4.05. The van der Waals surface area contributed by atoms with Gasteiger partial charge in [-0.25, -0.2) is 0 Å². The van der Waals surface area contributed by atoms with Crippen LogP contribution in [0.15, 0.2) is 12.1 Å². The van der Waals surface area contributed by atoms with Gasteiger partial charge < -0.3 is 0 Å². The lowest BCUT2D eigenvalue weighted by atomic mass is 9.65. The van der Waals surface area contributed by atoms with Crippen molar-refractivity contribution in [1.82, 2.24) is 0 Å². The summed E-state index contributed by atoms with van der Waals surface area (Å²) in [5.74, 6) is 0.897. The molecule has 0 saturated heterocycles. The quantitative estimate of drug-likeness (QED) is 0.189. The summed E-state index contributed by atoms with van der Waals surface area (Å²) in [6, 6.07) is 0. The largest absolute Gasteiger partial charge is 0.145 e. The van der Waals surface area contributed by atoms with Crippen molar-refractivity contribution < 1.29 is 0 Å². The predicted molar refractivity (Wildman–Crippen MR) is 116 cm³/mol. The van der Waals surface area contributed by atoms with Crippen molar-refractivity contribution in [3.05, 3.63) is 12.1 Å². The molecule has 0 aliphatic rings. The van der Waals surface area contributed by atoms with E-state index >= 15 is 0 Å². The zero-order chi connectivity index (χ0) is 18.3. The maximum absolute atomic E-state index is 4.05. The smallest absolute Gasteiger partial charge is 0.116 e. The molecule has 2 radical (unpaired) electrons. The van der Waals surface area contributed by atoms with Crippen molar-refractivity contribution in [2.24, 2.45) is 11.3 Å². The van der Waals surface area contributed by atoms with Crippen LogP contribution >= 0.6 is 0 Å². The van der Waals surface area contributed by atoms with Crippen molar-refractivity contribution in [3.63, 3.8) is 0 Å². The van der Waals surface area contributed by atoms with Gasteiger partial charge in [-0.1, -0.05) is 98.5 Å². The minimum Gasteiger partial charge on any atom is -0.116 e. The van der Waals surface area contributed by atoms with E-state index in [4.69, 9.17) is 0 Å². The maximum Gasteiger partial charge on any atom is 0.145 e. The van der Waals surface area contributed by atoms with E-state index in [1.54, 1.807) is 0 Å². The molecule has 1 unspecified atom stereocenters. The second kappa shape index (κ2) is 15.2. The average molecular weight is 330 g/mol. The van der Waals surface area contributed by atoms with Crippen molar-refractivity contribution >= 4 is 14.6 Å². The van der Waals surface area contributed by atoms with Gasteiger partial charge in [0.2, 0.25) is 0 Å². The van der Waals surface area contributed by atoms with Crippen LogP contribution in [0.5, 0.6) is 0 Å². The molecule has 0 aromatic rings. The zero-order valence-corrected chi connectivity index (χ0v) is 17.6. The van der Waals surface area contributed by atoms with Crippen LogP contribution in [-0.4, -0.2) is 14.6 Å². The molecular formula is C22H44B2. The monoisotopic (exact) mass is 330 g/mol. The Morgan fingerprint density at radius 1 is 0.917 bits per heavy atom. The summed E-state index contributed by atoms with van der Waals surface area (Å²) >= 11 is 0. The van der Waals surface area contributed by atoms with E-state index in [1.165, 1.54) is 82.3 Å². The molecular weight excluding hydrogens is 286 g/mol. The highest BCUT2D eigenvalue weighted by molar-refractivity contribution is 6.44. The Morgan fingerprint density at radius 2 is 1.58 bits per heavy atom. The van der Waals surface area contributed by atoms with Crippen molar-refractivity contribution in [1.29, 1.82) is 0 Å². The van der Waals surface area contributed by atoms with E-state index in [0.717, 1.165) is 12.3 Å². The summed E-state index contributed by atoms with van der Waals surface area (Å²) in [6.45, 7) is 15.8. The third kappa shape index (κ3) is 15.4. The number of unbranched alkanes of at least 4 members (excludes halogenated alkanes) is 4. The molecule has 0 bridgehead atoms. The van der Waals surface area contributed by atoms with E-state index < -0.39 is 0 Å². The van der Waals surface area contributed by atoms with Gasteiger partial charge in [-0.3, -0.25) is 0 Å². The predicted octanol–water partition coefficient (Wildman–Crippen LogP) is 7.77. The first kappa shape index (κ1) is 23.9. The summed E-state index contributed by atoms with van der Waals surface area (Å²) in [4.78, 5) is 0. The molecule has 2 heteroatoms. The molecule has 0 rings (SSSR count). The molecule has 0 aliphatic carbocycles. The average Bonchev–Trinajstić information content (AvgIpc) is 2.55. The van der Waals surface area contributed by atoms with E-state index in [2.05, 4.69) is 55.7 Å². The summed E-state index contributed by atoms with van der Waals surface area (Å²) < 4.78 is 0.